The van der Waals surface area contributed by atoms with Crippen molar-refractivity contribution in [2.24, 2.45) is 5.10 Å². The predicted molar refractivity (Wildman–Crippen MR) is 102 cm³/mol. The van der Waals surface area contributed by atoms with E-state index in [1.165, 1.54) is 0 Å². The van der Waals surface area contributed by atoms with Gasteiger partial charge in [-0.1, -0.05) is 24.3 Å². The van der Waals surface area contributed by atoms with Crippen LogP contribution in [0.4, 0.5) is 0 Å². The molecular formula is C21H20N4O. The van der Waals surface area contributed by atoms with Gasteiger partial charge < -0.3 is 0 Å². The van der Waals surface area contributed by atoms with Crippen LogP contribution in [0.2, 0.25) is 0 Å². The number of fused-ring (bicyclic) bond motifs is 1. The molecule has 130 valence electrons. The van der Waals surface area contributed by atoms with Crippen LogP contribution in [-0.4, -0.2) is 33.1 Å². The Morgan fingerprint density at radius 3 is 2.85 bits per heavy atom. The molecule has 0 unspecified atom stereocenters. The SMILES string of the molecule is Cc1cccc(CC(=NN2CCCC2=O)c2ccnc3ccccc23)n1. The van der Waals surface area contributed by atoms with E-state index in [1.54, 1.807) is 11.2 Å². The summed E-state index contributed by atoms with van der Waals surface area (Å²) in [4.78, 5) is 21.2. The maximum absolute atomic E-state index is 12.1. The fourth-order valence-corrected chi connectivity index (χ4v) is 3.29. The van der Waals surface area contributed by atoms with Gasteiger partial charge in [-0.15, -0.1) is 0 Å². The number of pyridine rings is 2. The summed E-state index contributed by atoms with van der Waals surface area (Å²) in [6.45, 7) is 2.65. The monoisotopic (exact) mass is 344 g/mol. The van der Waals surface area contributed by atoms with E-state index < -0.39 is 0 Å². The van der Waals surface area contributed by atoms with Crippen LogP contribution in [-0.2, 0) is 11.2 Å². The molecule has 1 aromatic carbocycles. The summed E-state index contributed by atoms with van der Waals surface area (Å²) >= 11 is 0. The van der Waals surface area contributed by atoms with Gasteiger partial charge in [-0.25, -0.2) is 5.01 Å². The molecule has 0 spiro atoms. The highest BCUT2D eigenvalue weighted by molar-refractivity contribution is 6.11. The molecule has 1 saturated heterocycles. The summed E-state index contributed by atoms with van der Waals surface area (Å²) < 4.78 is 0. The summed E-state index contributed by atoms with van der Waals surface area (Å²) in [6, 6.07) is 16.0. The van der Waals surface area contributed by atoms with Crippen molar-refractivity contribution in [1.82, 2.24) is 15.0 Å². The molecule has 1 aliphatic heterocycles. The number of hydrazone groups is 1. The van der Waals surface area contributed by atoms with E-state index in [4.69, 9.17) is 5.10 Å². The Hall–Kier alpha value is -3.08. The highest BCUT2D eigenvalue weighted by Crippen LogP contribution is 2.20. The predicted octanol–water partition coefficient (Wildman–Crippen LogP) is 3.51. The first-order valence-corrected chi connectivity index (χ1v) is 8.85. The molecule has 5 nitrogen and oxygen atoms in total. The van der Waals surface area contributed by atoms with Crippen molar-refractivity contribution in [3.63, 3.8) is 0 Å². The number of aryl methyl sites for hydroxylation is 1. The lowest BCUT2D eigenvalue weighted by Crippen LogP contribution is -2.22. The smallest absolute Gasteiger partial charge is 0.242 e. The molecule has 3 heterocycles. The average Bonchev–Trinajstić information content (AvgIpc) is 3.05. The molecule has 5 heteroatoms. The topological polar surface area (TPSA) is 58.5 Å². The van der Waals surface area contributed by atoms with E-state index in [0.29, 0.717) is 19.4 Å². The van der Waals surface area contributed by atoms with E-state index >= 15 is 0 Å². The molecule has 1 amide bonds. The van der Waals surface area contributed by atoms with Crippen LogP contribution in [0, 0.1) is 6.92 Å². The van der Waals surface area contributed by atoms with Crippen molar-refractivity contribution in [2.75, 3.05) is 6.54 Å². The first-order valence-electron chi connectivity index (χ1n) is 8.85. The molecule has 0 saturated carbocycles. The summed E-state index contributed by atoms with van der Waals surface area (Å²) in [5.41, 5.74) is 4.67. The number of nitrogens with zero attached hydrogens (tertiary/aromatic N) is 4. The third-order valence-electron chi connectivity index (χ3n) is 4.54. The van der Waals surface area contributed by atoms with Crippen LogP contribution in [0.25, 0.3) is 10.9 Å². The zero-order valence-corrected chi connectivity index (χ0v) is 14.7. The van der Waals surface area contributed by atoms with Gasteiger partial charge in [-0.3, -0.25) is 14.8 Å². The minimum atomic E-state index is 0.0815. The first kappa shape index (κ1) is 16.4. The minimum Gasteiger partial charge on any atom is -0.273 e. The molecule has 0 N–H and O–H groups in total. The number of carbonyl (C=O) groups is 1. The lowest BCUT2D eigenvalue weighted by molar-refractivity contribution is -0.127. The maximum atomic E-state index is 12.1. The third kappa shape index (κ3) is 3.33. The maximum Gasteiger partial charge on any atom is 0.242 e. The molecule has 0 atom stereocenters. The number of hydrogen-bond acceptors (Lipinski definition) is 4. The van der Waals surface area contributed by atoms with Gasteiger partial charge in [0.2, 0.25) is 5.91 Å². The highest BCUT2D eigenvalue weighted by atomic mass is 16.2. The van der Waals surface area contributed by atoms with Crippen molar-refractivity contribution in [2.45, 2.75) is 26.2 Å². The van der Waals surface area contributed by atoms with Crippen LogP contribution in [0.3, 0.4) is 0 Å². The van der Waals surface area contributed by atoms with Crippen LogP contribution in [0.1, 0.15) is 29.8 Å². The summed E-state index contributed by atoms with van der Waals surface area (Å²) in [5, 5.41) is 7.37. The Labute approximate surface area is 152 Å². The van der Waals surface area contributed by atoms with Gasteiger partial charge in [0.1, 0.15) is 0 Å². The molecule has 4 rings (SSSR count). The largest absolute Gasteiger partial charge is 0.273 e. The van der Waals surface area contributed by atoms with E-state index in [2.05, 4.69) is 9.97 Å². The van der Waals surface area contributed by atoms with Crippen molar-refractivity contribution in [3.05, 3.63) is 71.7 Å². The van der Waals surface area contributed by atoms with Crippen LogP contribution >= 0.6 is 0 Å². The van der Waals surface area contributed by atoms with Crippen molar-refractivity contribution < 1.29 is 4.79 Å². The van der Waals surface area contributed by atoms with Crippen LogP contribution in [0.5, 0.6) is 0 Å². The molecule has 3 aromatic rings. The first-order chi connectivity index (χ1) is 12.7. The lowest BCUT2D eigenvalue weighted by atomic mass is 10.0. The van der Waals surface area contributed by atoms with Gasteiger partial charge in [0.05, 0.1) is 11.2 Å². The number of aromatic nitrogens is 2. The minimum absolute atomic E-state index is 0.0815. The second-order valence-electron chi connectivity index (χ2n) is 6.49. The number of rotatable bonds is 4. The van der Waals surface area contributed by atoms with Gasteiger partial charge in [0, 0.05) is 47.9 Å². The standard InChI is InChI=1S/C21H20N4O/c1-15-6-4-7-16(23-15)14-20(24-25-13-5-10-21(25)26)18-11-12-22-19-9-3-2-8-17(18)19/h2-4,6-9,11-12H,5,10,13-14H2,1H3. The fraction of sp³-hybridized carbons (Fsp3) is 0.238. The molecule has 0 radical (unpaired) electrons. The normalized spacial score (nSPS) is 15.0. The Balaban J connectivity index is 1.81. The van der Waals surface area contributed by atoms with Gasteiger partial charge in [-0.05, 0) is 37.6 Å². The Morgan fingerprint density at radius 2 is 2.04 bits per heavy atom. The van der Waals surface area contributed by atoms with Crippen molar-refractivity contribution in [3.8, 4) is 0 Å². The highest BCUT2D eigenvalue weighted by Gasteiger charge is 2.21. The Morgan fingerprint density at radius 1 is 1.15 bits per heavy atom. The van der Waals surface area contributed by atoms with E-state index in [0.717, 1.165) is 40.0 Å². The Bertz CT molecular complexity index is 991. The number of para-hydroxylation sites is 1. The number of amides is 1. The number of carbonyl (C=O) groups excluding carboxylic acids is 1. The van der Waals surface area contributed by atoms with E-state index in [9.17, 15) is 4.79 Å². The van der Waals surface area contributed by atoms with Gasteiger partial charge >= 0.3 is 0 Å². The van der Waals surface area contributed by atoms with E-state index in [-0.39, 0.29) is 5.91 Å². The molecule has 1 aliphatic rings. The molecule has 0 aliphatic carbocycles. The number of benzene rings is 1. The van der Waals surface area contributed by atoms with Gasteiger partial charge in [0.25, 0.3) is 0 Å². The molecule has 2 aromatic heterocycles. The Kier molecular flexibility index (Phi) is 4.44. The zero-order chi connectivity index (χ0) is 17.9. The molecular weight excluding hydrogens is 324 g/mol. The third-order valence-corrected chi connectivity index (χ3v) is 4.54. The molecule has 0 bridgehead atoms. The van der Waals surface area contributed by atoms with Gasteiger partial charge in [0.15, 0.2) is 0 Å². The van der Waals surface area contributed by atoms with Crippen molar-refractivity contribution in [1.29, 1.82) is 0 Å². The second kappa shape index (κ2) is 7.04. The zero-order valence-electron chi connectivity index (χ0n) is 14.7. The lowest BCUT2D eigenvalue weighted by Gasteiger charge is -2.15. The van der Waals surface area contributed by atoms with Crippen LogP contribution < -0.4 is 0 Å². The average molecular weight is 344 g/mol. The summed E-state index contributed by atoms with van der Waals surface area (Å²) in [7, 11) is 0. The van der Waals surface area contributed by atoms with Gasteiger partial charge in [-0.2, -0.15) is 5.10 Å². The summed E-state index contributed by atoms with van der Waals surface area (Å²) in [5.74, 6) is 0.0815. The second-order valence-corrected chi connectivity index (χ2v) is 6.49. The van der Waals surface area contributed by atoms with Crippen molar-refractivity contribution >= 4 is 22.5 Å². The fourth-order valence-electron chi connectivity index (χ4n) is 3.29. The quantitative estimate of drug-likeness (QED) is 0.681. The summed E-state index contributed by atoms with van der Waals surface area (Å²) in [6.07, 6.45) is 3.79. The van der Waals surface area contributed by atoms with Crippen LogP contribution in [0.15, 0.2) is 59.8 Å². The molecule has 26 heavy (non-hydrogen) atoms. The number of hydrogen-bond donors (Lipinski definition) is 0. The van der Waals surface area contributed by atoms with E-state index in [1.807, 2.05) is 55.5 Å². The molecule has 1 fully saturated rings.